The summed E-state index contributed by atoms with van der Waals surface area (Å²) in [6.07, 6.45) is 6.57. The topological polar surface area (TPSA) is 120 Å². The van der Waals surface area contributed by atoms with Crippen LogP contribution in [0.2, 0.25) is 5.02 Å². The van der Waals surface area contributed by atoms with E-state index in [1.54, 1.807) is 35.2 Å². The number of aromatic nitrogens is 3. The van der Waals surface area contributed by atoms with Crippen molar-refractivity contribution in [2.45, 2.75) is 32.2 Å². The number of ketones is 1. The Morgan fingerprint density at radius 1 is 1.16 bits per heavy atom. The average Bonchev–Trinajstić information content (AvgIpc) is 3.26. The van der Waals surface area contributed by atoms with Crippen LogP contribution in [0.15, 0.2) is 55.1 Å². The minimum Gasteiger partial charge on any atom is -0.363 e. The largest absolute Gasteiger partial charge is 0.363 e. The maximum Gasteiger partial charge on any atom is 0.287 e. The summed E-state index contributed by atoms with van der Waals surface area (Å²) in [5.41, 5.74) is 6.73. The summed E-state index contributed by atoms with van der Waals surface area (Å²) >= 11 is 6.25. The van der Waals surface area contributed by atoms with Crippen molar-refractivity contribution >= 4 is 29.2 Å². The molecule has 2 amide bonds. The predicted molar refractivity (Wildman–Crippen MR) is 117 cm³/mol. The number of Topliss-reactive ketones (excluding diaryl/α,β-unsaturated/α-hetero) is 1. The van der Waals surface area contributed by atoms with E-state index in [0.717, 1.165) is 12.0 Å². The number of nitrogens with two attached hydrogens (primary N) is 1. The van der Waals surface area contributed by atoms with Gasteiger partial charge < -0.3 is 11.1 Å². The Morgan fingerprint density at radius 3 is 2.65 bits per heavy atom. The quantitative estimate of drug-likeness (QED) is 0.496. The van der Waals surface area contributed by atoms with Gasteiger partial charge in [0.2, 0.25) is 5.78 Å². The zero-order chi connectivity index (χ0) is 22.4. The molecule has 0 aliphatic rings. The lowest BCUT2D eigenvalue weighted by molar-refractivity contribution is -0.137. The molecular formula is C22H22ClN5O3. The van der Waals surface area contributed by atoms with Crippen LogP contribution in [0.1, 0.15) is 36.5 Å². The minimum atomic E-state index is -1.08. The molecule has 0 aliphatic heterocycles. The summed E-state index contributed by atoms with van der Waals surface area (Å²) in [5.74, 6) is -2.11. The molecule has 31 heavy (non-hydrogen) atoms. The highest BCUT2D eigenvalue weighted by atomic mass is 35.5. The number of amides is 2. The maximum absolute atomic E-state index is 13.0. The van der Waals surface area contributed by atoms with Gasteiger partial charge in [-0.25, -0.2) is 9.97 Å². The van der Waals surface area contributed by atoms with Crippen LogP contribution in [0.3, 0.4) is 0 Å². The van der Waals surface area contributed by atoms with Gasteiger partial charge in [0.25, 0.3) is 11.8 Å². The van der Waals surface area contributed by atoms with Crippen molar-refractivity contribution in [3.63, 3.8) is 0 Å². The molecule has 3 rings (SSSR count). The molecule has 0 saturated carbocycles. The number of hydrogen-bond acceptors (Lipinski definition) is 5. The van der Waals surface area contributed by atoms with Crippen molar-refractivity contribution < 1.29 is 14.4 Å². The van der Waals surface area contributed by atoms with Gasteiger partial charge in [-0.1, -0.05) is 49.6 Å². The fourth-order valence-electron chi connectivity index (χ4n) is 3.11. The molecule has 2 aromatic heterocycles. The number of primary amides is 1. The molecule has 1 atom stereocenters. The third-order valence-electron chi connectivity index (χ3n) is 4.72. The van der Waals surface area contributed by atoms with E-state index < -0.39 is 23.6 Å². The minimum absolute atomic E-state index is 0.226. The Bertz CT molecular complexity index is 1110. The van der Waals surface area contributed by atoms with E-state index in [1.165, 1.54) is 6.33 Å². The van der Waals surface area contributed by atoms with Crippen molar-refractivity contribution in [1.82, 2.24) is 19.9 Å². The van der Waals surface area contributed by atoms with Gasteiger partial charge in [0.05, 0.1) is 22.3 Å². The van der Waals surface area contributed by atoms with E-state index in [9.17, 15) is 14.4 Å². The lowest BCUT2D eigenvalue weighted by Crippen LogP contribution is -2.46. The van der Waals surface area contributed by atoms with Gasteiger partial charge in [-0.05, 0) is 24.6 Å². The van der Waals surface area contributed by atoms with E-state index in [1.807, 2.05) is 25.1 Å². The molecular weight excluding hydrogens is 418 g/mol. The number of unbranched alkanes of at least 4 members (excludes halogenated alkanes) is 1. The molecule has 0 saturated heterocycles. The molecule has 2 heterocycles. The van der Waals surface area contributed by atoms with Crippen LogP contribution in [-0.4, -0.2) is 38.2 Å². The van der Waals surface area contributed by atoms with Crippen molar-refractivity contribution in [2.24, 2.45) is 5.73 Å². The van der Waals surface area contributed by atoms with Gasteiger partial charge in [-0.3, -0.25) is 19.0 Å². The first-order valence-electron chi connectivity index (χ1n) is 9.81. The number of imidazole rings is 1. The van der Waals surface area contributed by atoms with Crippen LogP contribution in [0.5, 0.6) is 0 Å². The predicted octanol–water partition coefficient (Wildman–Crippen LogP) is 2.93. The Balaban J connectivity index is 1.90. The van der Waals surface area contributed by atoms with E-state index >= 15 is 0 Å². The van der Waals surface area contributed by atoms with Crippen molar-refractivity contribution in [3.05, 3.63) is 65.7 Å². The maximum atomic E-state index is 13.0. The van der Waals surface area contributed by atoms with Crippen molar-refractivity contribution in [3.8, 4) is 17.1 Å². The van der Waals surface area contributed by atoms with E-state index in [0.29, 0.717) is 29.4 Å². The third-order valence-corrected chi connectivity index (χ3v) is 5.05. The van der Waals surface area contributed by atoms with Crippen LogP contribution in [0, 0.1) is 0 Å². The molecule has 0 fully saturated rings. The molecule has 0 spiro atoms. The number of pyridine rings is 1. The second-order valence-electron chi connectivity index (χ2n) is 6.92. The Labute approximate surface area is 184 Å². The van der Waals surface area contributed by atoms with E-state index in [-0.39, 0.29) is 5.56 Å². The highest BCUT2D eigenvalue weighted by Crippen LogP contribution is 2.26. The Kier molecular flexibility index (Phi) is 7.15. The molecule has 0 bridgehead atoms. The molecule has 3 aromatic rings. The normalized spacial score (nSPS) is 11.7. The van der Waals surface area contributed by atoms with E-state index in [4.69, 9.17) is 17.3 Å². The van der Waals surface area contributed by atoms with Gasteiger partial charge in [0.1, 0.15) is 6.33 Å². The Hall–Kier alpha value is -3.52. The molecule has 3 N–H and O–H groups in total. The van der Waals surface area contributed by atoms with Crippen LogP contribution in [0.4, 0.5) is 0 Å². The molecule has 0 radical (unpaired) electrons. The number of nitrogens with one attached hydrogen (secondary N) is 1. The molecule has 9 heteroatoms. The first kappa shape index (κ1) is 22.2. The van der Waals surface area contributed by atoms with Gasteiger partial charge >= 0.3 is 0 Å². The monoisotopic (exact) mass is 439 g/mol. The fourth-order valence-corrected chi connectivity index (χ4v) is 3.34. The highest BCUT2D eigenvalue weighted by molar-refractivity contribution is 6.38. The Morgan fingerprint density at radius 2 is 1.94 bits per heavy atom. The fraction of sp³-hybridized carbons (Fsp3) is 0.227. The molecule has 8 nitrogen and oxygen atoms in total. The number of benzene rings is 1. The van der Waals surface area contributed by atoms with Gasteiger partial charge in [0.15, 0.2) is 5.82 Å². The van der Waals surface area contributed by atoms with Crippen LogP contribution in [-0.2, 0) is 9.59 Å². The first-order valence-corrected chi connectivity index (χ1v) is 10.2. The molecule has 1 unspecified atom stereocenters. The highest BCUT2D eigenvalue weighted by Gasteiger charge is 2.26. The van der Waals surface area contributed by atoms with Crippen LogP contribution in [0.25, 0.3) is 17.1 Å². The lowest BCUT2D eigenvalue weighted by atomic mass is 10.0. The summed E-state index contributed by atoms with van der Waals surface area (Å²) in [6.45, 7) is 1.95. The zero-order valence-electron chi connectivity index (χ0n) is 16.9. The SMILES string of the molecule is CCCCC(NC(=O)c1cccnc1-n1cnc(-c2ccccc2Cl)c1)C(=O)C(N)=O. The number of rotatable bonds is 9. The molecule has 160 valence electrons. The van der Waals surface area contributed by atoms with E-state index in [2.05, 4.69) is 15.3 Å². The van der Waals surface area contributed by atoms with Crippen LogP contribution < -0.4 is 11.1 Å². The van der Waals surface area contributed by atoms with Crippen molar-refractivity contribution in [1.29, 1.82) is 0 Å². The molecule has 0 aliphatic carbocycles. The second kappa shape index (κ2) is 9.99. The summed E-state index contributed by atoms with van der Waals surface area (Å²) in [7, 11) is 0. The smallest absolute Gasteiger partial charge is 0.287 e. The summed E-state index contributed by atoms with van der Waals surface area (Å²) in [5, 5.41) is 3.17. The standard InChI is InChI=1S/C22H22ClN5O3/c1-2-3-10-17(19(29)20(24)30)27-22(31)15-8-6-11-25-21(15)28-12-18(26-13-28)14-7-4-5-9-16(14)23/h4-9,11-13,17H,2-3,10H2,1H3,(H2,24,30)(H,27,31). The third kappa shape index (κ3) is 5.16. The lowest BCUT2D eigenvalue weighted by Gasteiger charge is -2.17. The van der Waals surface area contributed by atoms with Crippen LogP contribution >= 0.6 is 11.6 Å². The number of carbonyl (C=O) groups is 3. The molecule has 1 aromatic carbocycles. The van der Waals surface area contributed by atoms with Gasteiger partial charge in [-0.2, -0.15) is 0 Å². The van der Waals surface area contributed by atoms with Gasteiger partial charge in [0, 0.05) is 18.0 Å². The first-order chi connectivity index (χ1) is 14.9. The number of nitrogens with zero attached hydrogens (tertiary/aromatic N) is 3. The summed E-state index contributed by atoms with van der Waals surface area (Å²) < 4.78 is 1.60. The van der Waals surface area contributed by atoms with Gasteiger partial charge in [-0.15, -0.1) is 0 Å². The zero-order valence-corrected chi connectivity index (χ0v) is 17.7. The number of halogens is 1. The summed E-state index contributed by atoms with van der Waals surface area (Å²) in [6, 6.07) is 9.49. The number of hydrogen-bond donors (Lipinski definition) is 2. The number of carbonyl (C=O) groups excluding carboxylic acids is 3. The average molecular weight is 440 g/mol. The van der Waals surface area contributed by atoms with Crippen molar-refractivity contribution in [2.75, 3.05) is 0 Å². The summed E-state index contributed by atoms with van der Waals surface area (Å²) in [4.78, 5) is 45.1. The second-order valence-corrected chi connectivity index (χ2v) is 7.32.